The van der Waals surface area contributed by atoms with Crippen molar-refractivity contribution in [1.29, 1.82) is 0 Å². The van der Waals surface area contributed by atoms with Gasteiger partial charge in [-0.1, -0.05) is 6.58 Å². The van der Waals surface area contributed by atoms with Crippen LogP contribution < -0.4 is 0 Å². The Kier molecular flexibility index (Phi) is 7.18. The molecule has 1 fully saturated rings. The van der Waals surface area contributed by atoms with Crippen molar-refractivity contribution < 1.29 is 23.8 Å². The molecule has 0 aromatic carbocycles. The summed E-state index contributed by atoms with van der Waals surface area (Å²) in [5.41, 5.74) is 0. The summed E-state index contributed by atoms with van der Waals surface area (Å²) in [4.78, 5) is 22.1. The lowest BCUT2D eigenvalue weighted by Gasteiger charge is -2.26. The molecule has 0 atom stereocenters. The van der Waals surface area contributed by atoms with Crippen molar-refractivity contribution in [3.63, 3.8) is 0 Å². The molecule has 0 heterocycles. The standard InChI is InChI=1S/C14H22O5/c1-3-13(15)19-10-4-9-18-12-7-5-11(6-8-12)14(16)17-2/h3,11-12H,1,4-10H2,2H3. The van der Waals surface area contributed by atoms with Crippen molar-refractivity contribution in [2.45, 2.75) is 38.2 Å². The molecule has 0 spiro atoms. The number of rotatable bonds is 7. The highest BCUT2D eigenvalue weighted by Gasteiger charge is 2.27. The molecule has 0 N–H and O–H groups in total. The van der Waals surface area contributed by atoms with Gasteiger partial charge in [-0.25, -0.2) is 4.79 Å². The first-order valence-electron chi connectivity index (χ1n) is 6.66. The highest BCUT2D eigenvalue weighted by molar-refractivity contribution is 5.81. The van der Waals surface area contributed by atoms with E-state index in [1.807, 2.05) is 0 Å². The Balaban J connectivity index is 2.05. The smallest absolute Gasteiger partial charge is 0.330 e. The molecule has 1 rings (SSSR count). The number of esters is 2. The molecule has 0 amide bonds. The highest BCUT2D eigenvalue weighted by atomic mass is 16.5. The van der Waals surface area contributed by atoms with Gasteiger partial charge in [-0.3, -0.25) is 4.79 Å². The van der Waals surface area contributed by atoms with Crippen molar-refractivity contribution in [1.82, 2.24) is 0 Å². The van der Waals surface area contributed by atoms with Gasteiger partial charge in [0.05, 0.1) is 32.3 Å². The normalized spacial score (nSPS) is 22.6. The zero-order valence-electron chi connectivity index (χ0n) is 11.4. The van der Waals surface area contributed by atoms with Gasteiger partial charge in [0.2, 0.25) is 0 Å². The van der Waals surface area contributed by atoms with Crippen LogP contribution in [0.3, 0.4) is 0 Å². The van der Waals surface area contributed by atoms with Gasteiger partial charge in [0.1, 0.15) is 0 Å². The molecular weight excluding hydrogens is 248 g/mol. The van der Waals surface area contributed by atoms with Gasteiger partial charge in [0.15, 0.2) is 0 Å². The fraction of sp³-hybridized carbons (Fsp3) is 0.714. The molecule has 1 saturated carbocycles. The van der Waals surface area contributed by atoms with Gasteiger partial charge in [-0.05, 0) is 25.7 Å². The Bertz CT molecular complexity index is 305. The average Bonchev–Trinajstić information content (AvgIpc) is 2.46. The molecule has 5 nitrogen and oxygen atoms in total. The molecule has 0 saturated heterocycles. The lowest BCUT2D eigenvalue weighted by atomic mass is 9.87. The van der Waals surface area contributed by atoms with Gasteiger partial charge in [0.25, 0.3) is 0 Å². The minimum absolute atomic E-state index is 0.0263. The van der Waals surface area contributed by atoms with Gasteiger partial charge in [-0.2, -0.15) is 0 Å². The second kappa shape index (κ2) is 8.69. The quantitative estimate of drug-likeness (QED) is 0.401. The lowest BCUT2D eigenvalue weighted by molar-refractivity contribution is -0.147. The maximum atomic E-state index is 11.3. The molecule has 0 bridgehead atoms. The van der Waals surface area contributed by atoms with Crippen molar-refractivity contribution in [2.24, 2.45) is 5.92 Å². The second-order valence-corrected chi connectivity index (χ2v) is 4.59. The zero-order valence-corrected chi connectivity index (χ0v) is 11.4. The summed E-state index contributed by atoms with van der Waals surface area (Å²) in [5.74, 6) is -0.494. The van der Waals surface area contributed by atoms with Crippen LogP contribution in [-0.2, 0) is 23.8 Å². The second-order valence-electron chi connectivity index (χ2n) is 4.59. The molecular formula is C14H22O5. The highest BCUT2D eigenvalue weighted by Crippen LogP contribution is 2.27. The van der Waals surface area contributed by atoms with Crippen LogP contribution >= 0.6 is 0 Å². The summed E-state index contributed by atoms with van der Waals surface area (Å²) in [6.45, 7) is 4.23. The Morgan fingerprint density at radius 2 is 1.89 bits per heavy atom. The van der Waals surface area contributed by atoms with E-state index in [9.17, 15) is 9.59 Å². The van der Waals surface area contributed by atoms with E-state index in [1.54, 1.807) is 0 Å². The van der Waals surface area contributed by atoms with Gasteiger partial charge >= 0.3 is 11.9 Å². The van der Waals surface area contributed by atoms with Gasteiger partial charge < -0.3 is 14.2 Å². The molecule has 108 valence electrons. The van der Waals surface area contributed by atoms with Crippen LogP contribution in [0.2, 0.25) is 0 Å². The van der Waals surface area contributed by atoms with Gasteiger partial charge in [0, 0.05) is 12.5 Å². The van der Waals surface area contributed by atoms with E-state index < -0.39 is 5.97 Å². The van der Waals surface area contributed by atoms with E-state index in [0.717, 1.165) is 31.8 Å². The topological polar surface area (TPSA) is 61.8 Å². The molecule has 1 aliphatic rings. The monoisotopic (exact) mass is 270 g/mol. The molecule has 0 radical (unpaired) electrons. The van der Waals surface area contributed by atoms with Crippen LogP contribution in [0.5, 0.6) is 0 Å². The van der Waals surface area contributed by atoms with Crippen LogP contribution in [0.15, 0.2) is 12.7 Å². The predicted molar refractivity (Wildman–Crippen MR) is 69.5 cm³/mol. The third-order valence-corrected chi connectivity index (χ3v) is 3.26. The summed E-state index contributed by atoms with van der Waals surface area (Å²) >= 11 is 0. The van der Waals surface area contributed by atoms with Crippen molar-refractivity contribution in [3.8, 4) is 0 Å². The summed E-state index contributed by atoms with van der Waals surface area (Å²) in [6.07, 6.45) is 5.44. The SMILES string of the molecule is C=CC(=O)OCCCOC1CCC(C(=O)OC)CC1. The van der Waals surface area contributed by atoms with E-state index >= 15 is 0 Å². The molecule has 0 unspecified atom stereocenters. The first-order valence-corrected chi connectivity index (χ1v) is 6.66. The van der Waals surface area contributed by atoms with Crippen LogP contribution in [0.1, 0.15) is 32.1 Å². The van der Waals surface area contributed by atoms with Crippen molar-refractivity contribution in [3.05, 3.63) is 12.7 Å². The Hall–Kier alpha value is -1.36. The van der Waals surface area contributed by atoms with Crippen LogP contribution in [0.25, 0.3) is 0 Å². The Labute approximate surface area is 113 Å². The van der Waals surface area contributed by atoms with E-state index in [-0.39, 0.29) is 18.0 Å². The summed E-state index contributed by atoms with van der Waals surface area (Å²) in [5, 5.41) is 0. The zero-order chi connectivity index (χ0) is 14.1. The molecule has 0 aliphatic heterocycles. The number of hydrogen-bond donors (Lipinski definition) is 0. The summed E-state index contributed by atoms with van der Waals surface area (Å²) < 4.78 is 15.3. The van der Waals surface area contributed by atoms with Crippen LogP contribution in [-0.4, -0.2) is 38.4 Å². The minimum atomic E-state index is -0.404. The number of hydrogen-bond acceptors (Lipinski definition) is 5. The Morgan fingerprint density at radius 3 is 2.47 bits per heavy atom. The number of carbonyl (C=O) groups excluding carboxylic acids is 2. The first kappa shape index (κ1) is 15.7. The van der Waals surface area contributed by atoms with Crippen molar-refractivity contribution >= 4 is 11.9 Å². The van der Waals surface area contributed by atoms with Gasteiger partial charge in [-0.15, -0.1) is 0 Å². The van der Waals surface area contributed by atoms with Crippen molar-refractivity contribution in [2.75, 3.05) is 20.3 Å². The molecule has 1 aliphatic carbocycles. The summed E-state index contributed by atoms with van der Waals surface area (Å²) in [6, 6.07) is 0. The van der Waals surface area contributed by atoms with Crippen LogP contribution in [0, 0.1) is 5.92 Å². The predicted octanol–water partition coefficient (Wildman–Crippen LogP) is 1.85. The number of methoxy groups -OCH3 is 1. The third-order valence-electron chi connectivity index (χ3n) is 3.26. The van der Waals surface area contributed by atoms with E-state index in [1.165, 1.54) is 7.11 Å². The largest absolute Gasteiger partial charge is 0.469 e. The van der Waals surface area contributed by atoms with Crippen LogP contribution in [0.4, 0.5) is 0 Å². The summed E-state index contributed by atoms with van der Waals surface area (Å²) in [7, 11) is 1.43. The van der Waals surface area contributed by atoms with E-state index in [2.05, 4.69) is 6.58 Å². The maximum Gasteiger partial charge on any atom is 0.330 e. The fourth-order valence-electron chi connectivity index (χ4n) is 2.17. The maximum absolute atomic E-state index is 11.3. The number of ether oxygens (including phenoxy) is 3. The fourth-order valence-corrected chi connectivity index (χ4v) is 2.17. The third kappa shape index (κ3) is 5.87. The Morgan fingerprint density at radius 1 is 1.21 bits per heavy atom. The number of carbonyl (C=O) groups is 2. The minimum Gasteiger partial charge on any atom is -0.469 e. The molecule has 0 aromatic rings. The van der Waals surface area contributed by atoms with E-state index in [4.69, 9.17) is 14.2 Å². The van der Waals surface area contributed by atoms with E-state index in [0.29, 0.717) is 19.6 Å². The first-order chi connectivity index (χ1) is 9.17. The molecule has 19 heavy (non-hydrogen) atoms. The molecule has 5 heteroatoms. The lowest BCUT2D eigenvalue weighted by Crippen LogP contribution is -2.27. The average molecular weight is 270 g/mol. The molecule has 0 aromatic heterocycles.